The van der Waals surface area contributed by atoms with Gasteiger partial charge in [-0.1, -0.05) is 18.2 Å². The van der Waals surface area contributed by atoms with Crippen LogP contribution in [0.3, 0.4) is 0 Å². The van der Waals surface area contributed by atoms with Gasteiger partial charge < -0.3 is 10.2 Å². The van der Waals surface area contributed by atoms with Crippen LogP contribution >= 0.6 is 0 Å². The Balaban J connectivity index is 1.55. The minimum atomic E-state index is 0.0353. The minimum Gasteiger partial charge on any atom is -0.352 e. The summed E-state index contributed by atoms with van der Waals surface area (Å²) < 4.78 is 0. The van der Waals surface area contributed by atoms with Crippen LogP contribution in [0, 0.1) is 6.42 Å². The number of likely N-dealkylation sites (tertiary alicyclic amines) is 1. The number of rotatable bonds is 6. The van der Waals surface area contributed by atoms with Gasteiger partial charge >= 0.3 is 0 Å². The summed E-state index contributed by atoms with van der Waals surface area (Å²) in [5.74, 6) is 0.0353. The van der Waals surface area contributed by atoms with Crippen molar-refractivity contribution in [2.24, 2.45) is 0 Å². The topological polar surface area (TPSA) is 32.3 Å². The van der Waals surface area contributed by atoms with E-state index in [1.807, 2.05) is 30.3 Å². The molecule has 2 rings (SSSR count). The van der Waals surface area contributed by atoms with Gasteiger partial charge in [0.15, 0.2) is 0 Å². The molecule has 0 atom stereocenters. The highest BCUT2D eigenvalue weighted by atomic mass is 16.1. The Labute approximate surface area is 116 Å². The number of amides is 1. The molecule has 0 bridgehead atoms. The van der Waals surface area contributed by atoms with Crippen molar-refractivity contribution in [2.45, 2.75) is 25.7 Å². The van der Waals surface area contributed by atoms with Crippen molar-refractivity contribution in [3.8, 4) is 0 Å². The molecular formula is C16H23N2O. The van der Waals surface area contributed by atoms with E-state index in [1.165, 1.54) is 25.9 Å². The SMILES string of the molecule is O=C(NCCCCN1CC[CH]CC1)c1ccccc1. The number of nitrogens with zero attached hydrogens (tertiary/aromatic N) is 1. The molecule has 1 aromatic carbocycles. The lowest BCUT2D eigenvalue weighted by molar-refractivity contribution is 0.0952. The molecule has 0 spiro atoms. The number of piperidine rings is 1. The Morgan fingerprint density at radius 3 is 2.58 bits per heavy atom. The monoisotopic (exact) mass is 259 g/mol. The Morgan fingerprint density at radius 2 is 1.84 bits per heavy atom. The molecule has 103 valence electrons. The largest absolute Gasteiger partial charge is 0.352 e. The first-order chi connectivity index (χ1) is 9.36. The average molecular weight is 259 g/mol. The number of nitrogens with one attached hydrogen (secondary N) is 1. The molecule has 0 unspecified atom stereocenters. The van der Waals surface area contributed by atoms with E-state index in [4.69, 9.17) is 0 Å². The lowest BCUT2D eigenvalue weighted by atomic mass is 10.1. The van der Waals surface area contributed by atoms with Crippen molar-refractivity contribution in [3.05, 3.63) is 42.3 Å². The zero-order valence-corrected chi connectivity index (χ0v) is 11.5. The van der Waals surface area contributed by atoms with Crippen LogP contribution in [0.15, 0.2) is 30.3 Å². The molecule has 1 amide bonds. The normalized spacial score (nSPS) is 16.2. The highest BCUT2D eigenvalue weighted by Gasteiger charge is 2.09. The standard InChI is InChI=1S/C16H23N2O/c19-16(15-9-3-1-4-10-15)17-11-5-8-14-18-12-6-2-7-13-18/h1-4,9-10H,5-8,11-14H2,(H,17,19). The lowest BCUT2D eigenvalue weighted by Gasteiger charge is -2.26. The second kappa shape index (κ2) is 7.95. The Hall–Kier alpha value is -1.35. The fraction of sp³-hybridized carbons (Fsp3) is 0.500. The maximum atomic E-state index is 11.8. The van der Waals surface area contributed by atoms with Crippen molar-refractivity contribution >= 4 is 5.91 Å². The van der Waals surface area contributed by atoms with Crippen molar-refractivity contribution < 1.29 is 4.79 Å². The quantitative estimate of drug-likeness (QED) is 0.796. The van der Waals surface area contributed by atoms with Crippen LogP contribution < -0.4 is 5.32 Å². The average Bonchev–Trinajstić information content (AvgIpc) is 2.49. The van der Waals surface area contributed by atoms with Gasteiger partial charge in [0.1, 0.15) is 0 Å². The van der Waals surface area contributed by atoms with E-state index in [0.29, 0.717) is 0 Å². The molecule has 1 aliphatic rings. The molecule has 19 heavy (non-hydrogen) atoms. The maximum Gasteiger partial charge on any atom is 0.251 e. The Kier molecular flexibility index (Phi) is 5.89. The third kappa shape index (κ3) is 5.03. The summed E-state index contributed by atoms with van der Waals surface area (Å²) in [5.41, 5.74) is 0.745. The van der Waals surface area contributed by atoms with Crippen molar-refractivity contribution in [3.63, 3.8) is 0 Å². The van der Waals surface area contributed by atoms with Gasteiger partial charge in [-0.05, 0) is 63.9 Å². The zero-order valence-electron chi connectivity index (χ0n) is 11.5. The summed E-state index contributed by atoms with van der Waals surface area (Å²) in [4.78, 5) is 14.3. The van der Waals surface area contributed by atoms with Crippen LogP contribution in [0.25, 0.3) is 0 Å². The second-order valence-electron chi connectivity index (χ2n) is 5.04. The first-order valence-electron chi connectivity index (χ1n) is 7.23. The molecule has 1 aromatic rings. The van der Waals surface area contributed by atoms with E-state index < -0.39 is 0 Å². The van der Waals surface area contributed by atoms with Gasteiger partial charge in [-0.3, -0.25) is 4.79 Å². The molecule has 1 saturated heterocycles. The molecule has 3 heteroatoms. The molecule has 1 radical (unpaired) electrons. The van der Waals surface area contributed by atoms with Crippen LogP contribution in [0.4, 0.5) is 0 Å². The fourth-order valence-electron chi connectivity index (χ4n) is 2.38. The van der Waals surface area contributed by atoms with Crippen LogP contribution in [0.1, 0.15) is 36.0 Å². The summed E-state index contributed by atoms with van der Waals surface area (Å²) in [5, 5.41) is 2.97. The summed E-state index contributed by atoms with van der Waals surface area (Å²) in [6.45, 7) is 4.34. The van der Waals surface area contributed by atoms with Crippen LogP contribution in [-0.4, -0.2) is 37.0 Å². The number of carbonyl (C=O) groups is 1. The summed E-state index contributed by atoms with van der Waals surface area (Å²) in [6, 6.07) is 9.40. The summed E-state index contributed by atoms with van der Waals surface area (Å²) in [7, 11) is 0. The van der Waals surface area contributed by atoms with Gasteiger partial charge in [-0.15, -0.1) is 0 Å². The van der Waals surface area contributed by atoms with Crippen molar-refractivity contribution in [1.29, 1.82) is 0 Å². The van der Waals surface area contributed by atoms with Gasteiger partial charge in [0.25, 0.3) is 5.91 Å². The molecular weight excluding hydrogens is 236 g/mol. The summed E-state index contributed by atoms with van der Waals surface area (Å²) >= 11 is 0. The zero-order chi connectivity index (χ0) is 13.3. The van der Waals surface area contributed by atoms with E-state index in [0.717, 1.165) is 31.5 Å². The van der Waals surface area contributed by atoms with Crippen LogP contribution in [0.2, 0.25) is 0 Å². The van der Waals surface area contributed by atoms with Gasteiger partial charge in [0.05, 0.1) is 0 Å². The Morgan fingerprint density at radius 1 is 1.11 bits per heavy atom. The van der Waals surface area contributed by atoms with E-state index in [9.17, 15) is 4.79 Å². The minimum absolute atomic E-state index is 0.0353. The van der Waals surface area contributed by atoms with Gasteiger partial charge in [0, 0.05) is 12.1 Å². The van der Waals surface area contributed by atoms with Crippen molar-refractivity contribution in [2.75, 3.05) is 26.2 Å². The number of benzene rings is 1. The molecule has 3 nitrogen and oxygen atoms in total. The van der Waals surface area contributed by atoms with Gasteiger partial charge in [-0.25, -0.2) is 0 Å². The Bertz CT molecular complexity index is 372. The highest BCUT2D eigenvalue weighted by Crippen LogP contribution is 2.08. The maximum absolute atomic E-state index is 11.8. The van der Waals surface area contributed by atoms with Crippen LogP contribution in [-0.2, 0) is 0 Å². The highest BCUT2D eigenvalue weighted by molar-refractivity contribution is 5.94. The number of unbranched alkanes of at least 4 members (excludes halogenated alkanes) is 1. The van der Waals surface area contributed by atoms with Gasteiger partial charge in [-0.2, -0.15) is 0 Å². The first-order valence-corrected chi connectivity index (χ1v) is 7.23. The van der Waals surface area contributed by atoms with E-state index >= 15 is 0 Å². The lowest BCUT2D eigenvalue weighted by Crippen LogP contribution is -2.31. The van der Waals surface area contributed by atoms with Gasteiger partial charge in [0.2, 0.25) is 0 Å². The number of carbonyl (C=O) groups excluding carboxylic acids is 1. The molecule has 0 aromatic heterocycles. The molecule has 1 heterocycles. The molecule has 1 aliphatic heterocycles. The molecule has 0 aliphatic carbocycles. The summed E-state index contributed by atoms with van der Waals surface area (Å²) in [6.07, 6.45) is 7.04. The second-order valence-corrected chi connectivity index (χ2v) is 5.04. The third-order valence-corrected chi connectivity index (χ3v) is 3.52. The smallest absolute Gasteiger partial charge is 0.251 e. The molecule has 1 N–H and O–H groups in total. The predicted molar refractivity (Wildman–Crippen MR) is 78.0 cm³/mol. The van der Waals surface area contributed by atoms with E-state index in [1.54, 1.807) is 0 Å². The third-order valence-electron chi connectivity index (χ3n) is 3.52. The van der Waals surface area contributed by atoms with E-state index in [2.05, 4.69) is 16.6 Å². The van der Waals surface area contributed by atoms with Crippen LogP contribution in [0.5, 0.6) is 0 Å². The number of hydrogen-bond acceptors (Lipinski definition) is 2. The molecule has 1 fully saturated rings. The predicted octanol–water partition coefficient (Wildman–Crippen LogP) is 2.50. The van der Waals surface area contributed by atoms with Crippen molar-refractivity contribution in [1.82, 2.24) is 10.2 Å². The molecule has 0 saturated carbocycles. The number of hydrogen-bond donors (Lipinski definition) is 1. The van der Waals surface area contributed by atoms with E-state index in [-0.39, 0.29) is 5.91 Å². The first kappa shape index (κ1) is 14.1. The fourth-order valence-corrected chi connectivity index (χ4v) is 2.38.